The summed E-state index contributed by atoms with van der Waals surface area (Å²) in [7, 11) is 0. The Morgan fingerprint density at radius 3 is 2.96 bits per heavy atom. The molecule has 1 amide bonds. The number of piperidine rings is 1. The van der Waals surface area contributed by atoms with Crippen LogP contribution in [0.15, 0.2) is 30.0 Å². The molecule has 2 heterocycles. The number of nitrogens with one attached hydrogen (secondary N) is 1. The zero-order valence-corrected chi connectivity index (χ0v) is 14.8. The highest BCUT2D eigenvalue weighted by Crippen LogP contribution is 2.22. The molecule has 0 radical (unpaired) electrons. The van der Waals surface area contributed by atoms with Crippen molar-refractivity contribution in [2.75, 3.05) is 24.5 Å². The number of hydrogen-bond donors (Lipinski definition) is 1. The number of allylic oxidation sites excluding steroid dienone is 1. The number of anilines is 1. The molecular formula is C20H29N3O. The fourth-order valence-corrected chi connectivity index (χ4v) is 3.69. The van der Waals surface area contributed by atoms with Crippen LogP contribution in [0, 0.1) is 5.92 Å². The second-order valence-electron chi connectivity index (χ2n) is 7.21. The fourth-order valence-electron chi connectivity index (χ4n) is 3.69. The average Bonchev–Trinajstić information content (AvgIpc) is 2.63. The van der Waals surface area contributed by atoms with Crippen LogP contribution >= 0.6 is 0 Å². The number of aromatic nitrogens is 1. The molecule has 1 aliphatic carbocycles. The summed E-state index contributed by atoms with van der Waals surface area (Å²) < 4.78 is 0. The van der Waals surface area contributed by atoms with Crippen molar-refractivity contribution in [1.29, 1.82) is 0 Å². The molecule has 1 unspecified atom stereocenters. The lowest BCUT2D eigenvalue weighted by Crippen LogP contribution is -2.34. The van der Waals surface area contributed by atoms with Gasteiger partial charge in [0.25, 0.3) is 5.91 Å². The van der Waals surface area contributed by atoms with Gasteiger partial charge >= 0.3 is 0 Å². The van der Waals surface area contributed by atoms with Gasteiger partial charge in [0.05, 0.1) is 11.9 Å². The third kappa shape index (κ3) is 4.59. The van der Waals surface area contributed by atoms with Crippen LogP contribution in [0.3, 0.4) is 0 Å². The Kier molecular flexibility index (Phi) is 5.89. The first-order valence-corrected chi connectivity index (χ1v) is 9.39. The molecule has 4 heteroatoms. The smallest absolute Gasteiger partial charge is 0.269 e. The standard InChI is InChI=1S/C20H29N3O/c1-16-6-5-13-23(15-16)18-9-10-19(22-14-18)20(24)21-12-11-17-7-3-2-4-8-17/h7,9-10,14,16H,2-6,8,11-13,15H2,1H3,(H,21,24). The third-order valence-corrected chi connectivity index (χ3v) is 5.12. The Hall–Kier alpha value is -1.84. The SMILES string of the molecule is CC1CCCN(c2ccc(C(=O)NCCC3=CCCCC3)nc2)C1. The van der Waals surface area contributed by atoms with Crippen molar-refractivity contribution in [1.82, 2.24) is 10.3 Å². The van der Waals surface area contributed by atoms with E-state index in [0.717, 1.165) is 31.1 Å². The Morgan fingerprint density at radius 2 is 2.25 bits per heavy atom. The lowest BCUT2D eigenvalue weighted by Gasteiger charge is -2.32. The summed E-state index contributed by atoms with van der Waals surface area (Å²) in [5, 5.41) is 3.00. The molecule has 1 atom stereocenters. The first kappa shape index (κ1) is 17.0. The number of carbonyl (C=O) groups excluding carboxylic acids is 1. The number of nitrogens with zero attached hydrogens (tertiary/aromatic N) is 2. The van der Waals surface area contributed by atoms with Crippen LogP contribution in [0.5, 0.6) is 0 Å². The maximum atomic E-state index is 12.2. The van der Waals surface area contributed by atoms with Gasteiger partial charge in [-0.15, -0.1) is 0 Å². The lowest BCUT2D eigenvalue weighted by molar-refractivity contribution is 0.0949. The minimum Gasteiger partial charge on any atom is -0.370 e. The highest BCUT2D eigenvalue weighted by Gasteiger charge is 2.17. The van der Waals surface area contributed by atoms with Crippen LogP contribution in [-0.4, -0.2) is 30.5 Å². The van der Waals surface area contributed by atoms with Crippen molar-refractivity contribution in [2.45, 2.75) is 51.9 Å². The summed E-state index contributed by atoms with van der Waals surface area (Å²) >= 11 is 0. The first-order valence-electron chi connectivity index (χ1n) is 9.39. The quantitative estimate of drug-likeness (QED) is 0.833. The molecule has 1 aromatic heterocycles. The monoisotopic (exact) mass is 327 g/mol. The number of hydrogen-bond acceptors (Lipinski definition) is 3. The van der Waals surface area contributed by atoms with E-state index in [0.29, 0.717) is 12.2 Å². The van der Waals surface area contributed by atoms with Gasteiger partial charge in [0.15, 0.2) is 0 Å². The summed E-state index contributed by atoms with van der Waals surface area (Å²) in [4.78, 5) is 19.0. The molecule has 130 valence electrons. The van der Waals surface area contributed by atoms with Crippen molar-refractivity contribution >= 4 is 11.6 Å². The predicted molar refractivity (Wildman–Crippen MR) is 98.3 cm³/mol. The molecule has 24 heavy (non-hydrogen) atoms. The van der Waals surface area contributed by atoms with E-state index < -0.39 is 0 Å². The van der Waals surface area contributed by atoms with Crippen LogP contribution in [0.2, 0.25) is 0 Å². The van der Waals surface area contributed by atoms with Crippen molar-refractivity contribution in [3.63, 3.8) is 0 Å². The minimum absolute atomic E-state index is 0.0648. The summed E-state index contributed by atoms with van der Waals surface area (Å²) in [6, 6.07) is 3.88. The third-order valence-electron chi connectivity index (χ3n) is 5.12. The molecular weight excluding hydrogens is 298 g/mol. The summed E-state index contributed by atoms with van der Waals surface area (Å²) in [6.07, 6.45) is 12.7. The van der Waals surface area contributed by atoms with Crippen LogP contribution in [0.4, 0.5) is 5.69 Å². The van der Waals surface area contributed by atoms with Gasteiger partial charge in [-0.3, -0.25) is 4.79 Å². The molecule has 1 fully saturated rings. The molecule has 0 spiro atoms. The molecule has 1 aliphatic heterocycles. The zero-order chi connectivity index (χ0) is 16.8. The van der Waals surface area contributed by atoms with Gasteiger partial charge in [-0.05, 0) is 63.0 Å². The van der Waals surface area contributed by atoms with E-state index >= 15 is 0 Å². The Labute approximate surface area is 145 Å². The van der Waals surface area contributed by atoms with E-state index in [1.807, 2.05) is 18.3 Å². The van der Waals surface area contributed by atoms with Gasteiger partial charge < -0.3 is 10.2 Å². The van der Waals surface area contributed by atoms with E-state index in [1.165, 1.54) is 44.1 Å². The average molecular weight is 327 g/mol. The second kappa shape index (κ2) is 8.32. The van der Waals surface area contributed by atoms with Crippen LogP contribution in [0.25, 0.3) is 0 Å². The van der Waals surface area contributed by atoms with Gasteiger partial charge in [-0.2, -0.15) is 0 Å². The number of amides is 1. The molecule has 1 saturated heterocycles. The van der Waals surface area contributed by atoms with Crippen LogP contribution in [-0.2, 0) is 0 Å². The largest absolute Gasteiger partial charge is 0.370 e. The van der Waals surface area contributed by atoms with Crippen LogP contribution in [0.1, 0.15) is 62.4 Å². The second-order valence-corrected chi connectivity index (χ2v) is 7.21. The number of pyridine rings is 1. The molecule has 0 bridgehead atoms. The zero-order valence-electron chi connectivity index (χ0n) is 14.8. The van der Waals surface area contributed by atoms with E-state index in [2.05, 4.69) is 28.2 Å². The van der Waals surface area contributed by atoms with Gasteiger partial charge in [0.1, 0.15) is 5.69 Å². The van der Waals surface area contributed by atoms with Crippen molar-refractivity contribution < 1.29 is 4.79 Å². The Morgan fingerprint density at radius 1 is 1.33 bits per heavy atom. The molecule has 0 saturated carbocycles. The topological polar surface area (TPSA) is 45.2 Å². The molecule has 0 aromatic carbocycles. The molecule has 3 rings (SSSR count). The maximum Gasteiger partial charge on any atom is 0.269 e. The fraction of sp³-hybridized carbons (Fsp3) is 0.600. The van der Waals surface area contributed by atoms with Crippen LogP contribution < -0.4 is 10.2 Å². The van der Waals surface area contributed by atoms with Gasteiger partial charge in [-0.1, -0.05) is 18.6 Å². The van der Waals surface area contributed by atoms with Crippen molar-refractivity contribution in [2.24, 2.45) is 5.92 Å². The Balaban J connectivity index is 1.49. The molecule has 1 N–H and O–H groups in total. The highest BCUT2D eigenvalue weighted by molar-refractivity contribution is 5.92. The lowest BCUT2D eigenvalue weighted by atomic mass is 9.97. The normalized spacial score (nSPS) is 21.3. The Bertz CT molecular complexity index is 579. The van der Waals surface area contributed by atoms with E-state index in [4.69, 9.17) is 0 Å². The summed E-state index contributed by atoms with van der Waals surface area (Å²) in [6.45, 7) is 5.18. The van der Waals surface area contributed by atoms with Gasteiger partial charge in [0.2, 0.25) is 0 Å². The van der Waals surface area contributed by atoms with E-state index in [9.17, 15) is 4.79 Å². The number of rotatable bonds is 5. The highest BCUT2D eigenvalue weighted by atomic mass is 16.1. The van der Waals surface area contributed by atoms with E-state index in [1.54, 1.807) is 0 Å². The molecule has 2 aliphatic rings. The first-order chi connectivity index (χ1) is 11.7. The summed E-state index contributed by atoms with van der Waals surface area (Å²) in [5.41, 5.74) is 3.14. The van der Waals surface area contributed by atoms with Gasteiger partial charge in [-0.25, -0.2) is 4.98 Å². The van der Waals surface area contributed by atoms with E-state index in [-0.39, 0.29) is 5.91 Å². The predicted octanol–water partition coefficient (Wildman–Crippen LogP) is 3.94. The minimum atomic E-state index is -0.0648. The molecule has 1 aromatic rings. The number of carbonyl (C=O) groups is 1. The summed E-state index contributed by atoms with van der Waals surface area (Å²) in [5.74, 6) is 0.667. The van der Waals surface area contributed by atoms with Gasteiger partial charge in [0, 0.05) is 19.6 Å². The van der Waals surface area contributed by atoms with Crippen molar-refractivity contribution in [3.8, 4) is 0 Å². The molecule has 4 nitrogen and oxygen atoms in total. The maximum absolute atomic E-state index is 12.2. The van der Waals surface area contributed by atoms with Crippen molar-refractivity contribution in [3.05, 3.63) is 35.7 Å².